The Balaban J connectivity index is 1.68. The van der Waals surface area contributed by atoms with E-state index in [1.165, 1.54) is 5.56 Å². The van der Waals surface area contributed by atoms with E-state index in [0.29, 0.717) is 18.7 Å². The topological polar surface area (TPSA) is 56.1 Å². The van der Waals surface area contributed by atoms with Gasteiger partial charge < -0.3 is 10.1 Å². The van der Waals surface area contributed by atoms with Gasteiger partial charge in [0.1, 0.15) is 0 Å². The standard InChI is InChI=1S/C18H23N3O2/c1-2-17-16(18(22)19-11-15-9-6-10-23-15)12-20-21(17)13-14-7-4-3-5-8-14/h3-5,7-8,12,15H,2,6,9-11,13H2,1H3,(H,19,22)/t15-/m1/s1. The van der Waals surface area contributed by atoms with Crippen LogP contribution >= 0.6 is 0 Å². The summed E-state index contributed by atoms with van der Waals surface area (Å²) < 4.78 is 7.46. The number of nitrogens with zero attached hydrogens (tertiary/aromatic N) is 2. The highest BCUT2D eigenvalue weighted by Gasteiger charge is 2.19. The van der Waals surface area contributed by atoms with Crippen molar-refractivity contribution < 1.29 is 9.53 Å². The van der Waals surface area contributed by atoms with E-state index >= 15 is 0 Å². The van der Waals surface area contributed by atoms with Gasteiger partial charge in [0.2, 0.25) is 0 Å². The van der Waals surface area contributed by atoms with Gasteiger partial charge >= 0.3 is 0 Å². The average molecular weight is 313 g/mol. The fraction of sp³-hybridized carbons (Fsp3) is 0.444. The van der Waals surface area contributed by atoms with Crippen LogP contribution in [0.15, 0.2) is 36.5 Å². The van der Waals surface area contributed by atoms with E-state index in [9.17, 15) is 4.79 Å². The molecule has 2 aromatic rings. The average Bonchev–Trinajstić information content (AvgIpc) is 3.23. The number of aromatic nitrogens is 2. The van der Waals surface area contributed by atoms with Crippen molar-refractivity contribution in [1.29, 1.82) is 0 Å². The number of rotatable bonds is 6. The molecule has 0 saturated carbocycles. The van der Waals surface area contributed by atoms with Crippen molar-refractivity contribution in [1.82, 2.24) is 15.1 Å². The Kier molecular flexibility index (Phi) is 5.08. The first-order valence-electron chi connectivity index (χ1n) is 8.26. The number of carbonyl (C=O) groups is 1. The summed E-state index contributed by atoms with van der Waals surface area (Å²) in [5.41, 5.74) is 2.82. The third-order valence-corrected chi connectivity index (χ3v) is 4.22. The molecule has 23 heavy (non-hydrogen) atoms. The zero-order valence-electron chi connectivity index (χ0n) is 13.5. The van der Waals surface area contributed by atoms with Gasteiger partial charge in [-0.15, -0.1) is 0 Å². The first kappa shape index (κ1) is 15.7. The van der Waals surface area contributed by atoms with Gasteiger partial charge in [-0.2, -0.15) is 5.10 Å². The van der Waals surface area contributed by atoms with Crippen LogP contribution in [0.5, 0.6) is 0 Å². The zero-order valence-corrected chi connectivity index (χ0v) is 13.5. The van der Waals surface area contributed by atoms with Crippen molar-refractivity contribution in [3.05, 3.63) is 53.3 Å². The van der Waals surface area contributed by atoms with E-state index < -0.39 is 0 Å². The number of nitrogens with one attached hydrogen (secondary N) is 1. The van der Waals surface area contributed by atoms with Crippen LogP contribution in [0.2, 0.25) is 0 Å². The van der Waals surface area contributed by atoms with Gasteiger partial charge in [0.05, 0.1) is 30.1 Å². The third kappa shape index (κ3) is 3.79. The van der Waals surface area contributed by atoms with Gasteiger partial charge in [-0.3, -0.25) is 9.48 Å². The molecule has 0 unspecified atom stereocenters. The number of benzene rings is 1. The third-order valence-electron chi connectivity index (χ3n) is 4.22. The highest BCUT2D eigenvalue weighted by Crippen LogP contribution is 2.14. The van der Waals surface area contributed by atoms with Crippen LogP contribution in [-0.4, -0.2) is 34.9 Å². The largest absolute Gasteiger partial charge is 0.376 e. The van der Waals surface area contributed by atoms with Gasteiger partial charge in [0, 0.05) is 13.2 Å². The molecule has 1 aliphatic rings. The Labute approximate surface area is 136 Å². The zero-order chi connectivity index (χ0) is 16.1. The summed E-state index contributed by atoms with van der Waals surface area (Å²) >= 11 is 0. The number of carbonyl (C=O) groups excluding carboxylic acids is 1. The van der Waals surface area contributed by atoms with E-state index in [-0.39, 0.29) is 12.0 Å². The smallest absolute Gasteiger partial charge is 0.254 e. The summed E-state index contributed by atoms with van der Waals surface area (Å²) in [6.07, 6.45) is 4.70. The Hall–Kier alpha value is -2.14. The molecule has 5 nitrogen and oxygen atoms in total. The van der Waals surface area contributed by atoms with Gasteiger partial charge in [0.15, 0.2) is 0 Å². The molecule has 0 radical (unpaired) electrons. The number of hydrogen-bond donors (Lipinski definition) is 1. The van der Waals surface area contributed by atoms with Crippen molar-refractivity contribution in [3.63, 3.8) is 0 Å². The normalized spacial score (nSPS) is 17.3. The quantitative estimate of drug-likeness (QED) is 0.891. The Morgan fingerprint density at radius 1 is 1.39 bits per heavy atom. The van der Waals surface area contributed by atoms with Crippen LogP contribution in [0.4, 0.5) is 0 Å². The van der Waals surface area contributed by atoms with Crippen molar-refractivity contribution in [2.24, 2.45) is 0 Å². The van der Waals surface area contributed by atoms with E-state index in [1.807, 2.05) is 22.9 Å². The van der Waals surface area contributed by atoms with Crippen molar-refractivity contribution in [2.45, 2.75) is 38.8 Å². The highest BCUT2D eigenvalue weighted by molar-refractivity contribution is 5.95. The molecule has 1 fully saturated rings. The first-order valence-corrected chi connectivity index (χ1v) is 8.26. The van der Waals surface area contributed by atoms with E-state index in [1.54, 1.807) is 6.20 Å². The molecule has 2 heterocycles. The number of amides is 1. The molecule has 0 aliphatic carbocycles. The van der Waals surface area contributed by atoms with Crippen molar-refractivity contribution >= 4 is 5.91 Å². The highest BCUT2D eigenvalue weighted by atomic mass is 16.5. The van der Waals surface area contributed by atoms with Gasteiger partial charge in [0.25, 0.3) is 5.91 Å². The predicted octanol–water partition coefficient (Wildman–Crippen LogP) is 2.40. The lowest BCUT2D eigenvalue weighted by atomic mass is 10.1. The molecule has 3 rings (SSSR count). The molecule has 1 aromatic carbocycles. The van der Waals surface area contributed by atoms with Crippen molar-refractivity contribution in [2.75, 3.05) is 13.2 Å². The maximum atomic E-state index is 12.4. The molecule has 1 N–H and O–H groups in total. The minimum atomic E-state index is -0.0586. The first-order chi connectivity index (χ1) is 11.3. The summed E-state index contributed by atoms with van der Waals surface area (Å²) in [4.78, 5) is 12.4. The molecule has 122 valence electrons. The van der Waals surface area contributed by atoms with Gasteiger partial charge in [-0.25, -0.2) is 0 Å². The minimum Gasteiger partial charge on any atom is -0.376 e. The molecule has 1 atom stereocenters. The summed E-state index contributed by atoms with van der Waals surface area (Å²) in [6.45, 7) is 4.11. The van der Waals surface area contributed by atoms with E-state index in [0.717, 1.165) is 31.6 Å². The Bertz CT molecular complexity index is 646. The van der Waals surface area contributed by atoms with E-state index in [4.69, 9.17) is 4.74 Å². The molecule has 0 spiro atoms. The molecule has 0 bridgehead atoms. The lowest BCUT2D eigenvalue weighted by molar-refractivity contribution is 0.0857. The second-order valence-corrected chi connectivity index (χ2v) is 5.85. The lowest BCUT2D eigenvalue weighted by Gasteiger charge is -2.11. The molecular weight excluding hydrogens is 290 g/mol. The minimum absolute atomic E-state index is 0.0586. The second kappa shape index (κ2) is 7.42. The molecule has 1 aliphatic heterocycles. The van der Waals surface area contributed by atoms with Crippen LogP contribution in [0.1, 0.15) is 41.4 Å². The number of hydrogen-bond acceptors (Lipinski definition) is 3. The monoisotopic (exact) mass is 313 g/mol. The fourth-order valence-electron chi connectivity index (χ4n) is 2.97. The molecule has 1 aromatic heterocycles. The predicted molar refractivity (Wildman–Crippen MR) is 88.5 cm³/mol. The second-order valence-electron chi connectivity index (χ2n) is 5.85. The van der Waals surface area contributed by atoms with Gasteiger partial charge in [-0.1, -0.05) is 37.3 Å². The summed E-state index contributed by atoms with van der Waals surface area (Å²) in [6, 6.07) is 10.2. The SMILES string of the molecule is CCc1c(C(=O)NC[C@H]2CCCO2)cnn1Cc1ccccc1. The maximum Gasteiger partial charge on any atom is 0.254 e. The molecule has 1 saturated heterocycles. The van der Waals surface area contributed by atoms with Crippen LogP contribution in [0.25, 0.3) is 0 Å². The maximum absolute atomic E-state index is 12.4. The lowest BCUT2D eigenvalue weighted by Crippen LogP contribution is -2.32. The van der Waals surface area contributed by atoms with Crippen LogP contribution in [0.3, 0.4) is 0 Å². The Morgan fingerprint density at radius 2 is 2.22 bits per heavy atom. The summed E-state index contributed by atoms with van der Waals surface area (Å²) in [5.74, 6) is -0.0586. The molecule has 5 heteroatoms. The van der Waals surface area contributed by atoms with Crippen LogP contribution < -0.4 is 5.32 Å². The summed E-state index contributed by atoms with van der Waals surface area (Å²) in [7, 11) is 0. The number of ether oxygens (including phenoxy) is 1. The Morgan fingerprint density at radius 3 is 2.91 bits per heavy atom. The van der Waals surface area contributed by atoms with E-state index in [2.05, 4.69) is 29.5 Å². The van der Waals surface area contributed by atoms with Gasteiger partial charge in [-0.05, 0) is 24.8 Å². The van der Waals surface area contributed by atoms with Crippen LogP contribution in [-0.2, 0) is 17.7 Å². The summed E-state index contributed by atoms with van der Waals surface area (Å²) in [5, 5.41) is 7.38. The fourth-order valence-corrected chi connectivity index (χ4v) is 2.97. The molecule has 1 amide bonds. The van der Waals surface area contributed by atoms with Crippen LogP contribution in [0, 0.1) is 0 Å². The van der Waals surface area contributed by atoms with Crippen molar-refractivity contribution in [3.8, 4) is 0 Å². The molecular formula is C18H23N3O2.